The third kappa shape index (κ3) is 3.88. The van der Waals surface area contributed by atoms with Crippen molar-refractivity contribution in [2.45, 2.75) is 49.8 Å². The van der Waals surface area contributed by atoms with Gasteiger partial charge in [-0.3, -0.25) is 14.6 Å². The number of nitrogens with one attached hydrogen (secondary N) is 2. The zero-order chi connectivity index (χ0) is 18.0. The van der Waals surface area contributed by atoms with E-state index < -0.39 is 12.1 Å². The van der Waals surface area contributed by atoms with Gasteiger partial charge in [0.15, 0.2) is 6.10 Å². The van der Waals surface area contributed by atoms with Crippen LogP contribution in [0, 0.1) is 0 Å². The number of carbonyl (C=O) groups excluding carboxylic acids is 2. The molecular formula is C19H26N4O3. The first-order valence-corrected chi connectivity index (χ1v) is 9.51. The highest BCUT2D eigenvalue weighted by atomic mass is 16.5. The van der Waals surface area contributed by atoms with Gasteiger partial charge < -0.3 is 20.3 Å². The first kappa shape index (κ1) is 17.4. The molecule has 0 radical (unpaired) electrons. The molecule has 0 bridgehead atoms. The number of piperidine rings is 1. The second-order valence-electron chi connectivity index (χ2n) is 7.67. The minimum Gasteiger partial charge on any atom is -0.356 e. The Morgan fingerprint density at radius 3 is 2.85 bits per heavy atom. The molecule has 3 fully saturated rings. The first-order chi connectivity index (χ1) is 12.7. The Balaban J connectivity index is 1.43. The monoisotopic (exact) mass is 358 g/mol. The van der Waals surface area contributed by atoms with Crippen LogP contribution in [0.5, 0.6) is 0 Å². The van der Waals surface area contributed by atoms with Crippen LogP contribution in [0.25, 0.3) is 0 Å². The molecule has 1 aromatic heterocycles. The summed E-state index contributed by atoms with van der Waals surface area (Å²) in [5.74, 6) is -0.356. The molecular weight excluding hydrogens is 332 g/mol. The predicted molar refractivity (Wildman–Crippen MR) is 95.3 cm³/mol. The number of rotatable bonds is 5. The smallest absolute Gasteiger partial charge is 0.252 e. The number of hydrogen-bond donors (Lipinski definition) is 2. The van der Waals surface area contributed by atoms with Crippen LogP contribution in [0.4, 0.5) is 0 Å². The summed E-state index contributed by atoms with van der Waals surface area (Å²) < 4.78 is 5.62. The molecule has 26 heavy (non-hydrogen) atoms. The van der Waals surface area contributed by atoms with Crippen LogP contribution in [0.1, 0.15) is 43.7 Å². The summed E-state index contributed by atoms with van der Waals surface area (Å²) in [6.07, 6.45) is 8.41. The molecule has 0 aromatic carbocycles. The van der Waals surface area contributed by atoms with Gasteiger partial charge >= 0.3 is 0 Å². The van der Waals surface area contributed by atoms with Crippen molar-refractivity contribution in [2.75, 3.05) is 26.2 Å². The fourth-order valence-electron chi connectivity index (χ4n) is 3.95. The summed E-state index contributed by atoms with van der Waals surface area (Å²) in [6.45, 7) is 3.06. The molecule has 7 heteroatoms. The van der Waals surface area contributed by atoms with Crippen LogP contribution < -0.4 is 10.6 Å². The minimum atomic E-state index is -0.726. The third-order valence-electron chi connectivity index (χ3n) is 5.53. The van der Waals surface area contributed by atoms with Crippen molar-refractivity contribution in [2.24, 2.45) is 0 Å². The Labute approximate surface area is 153 Å². The Hall–Kier alpha value is -1.99. The molecule has 1 saturated carbocycles. The Morgan fingerprint density at radius 2 is 2.15 bits per heavy atom. The number of likely N-dealkylation sites (tertiary alicyclic amines) is 1. The normalized spacial score (nSPS) is 28.2. The molecule has 140 valence electrons. The van der Waals surface area contributed by atoms with E-state index in [1.807, 2.05) is 6.07 Å². The zero-order valence-corrected chi connectivity index (χ0v) is 14.9. The number of aromatic nitrogens is 1. The average Bonchev–Trinajstić information content (AvgIpc) is 3.42. The minimum absolute atomic E-state index is 0.0893. The lowest BCUT2D eigenvalue weighted by molar-refractivity contribution is -0.148. The van der Waals surface area contributed by atoms with Crippen LogP contribution in [-0.2, 0) is 14.3 Å². The number of hydrogen-bond acceptors (Lipinski definition) is 5. The Kier molecular flexibility index (Phi) is 4.91. The largest absolute Gasteiger partial charge is 0.356 e. The second kappa shape index (κ2) is 7.32. The molecule has 2 atom stereocenters. The van der Waals surface area contributed by atoms with Gasteiger partial charge in [0.1, 0.15) is 6.61 Å². The molecule has 2 saturated heterocycles. The predicted octanol–water partition coefficient (Wildman–Crippen LogP) is 0.772. The molecule has 2 amide bonds. The van der Waals surface area contributed by atoms with E-state index in [4.69, 9.17) is 4.74 Å². The van der Waals surface area contributed by atoms with Crippen molar-refractivity contribution in [3.8, 4) is 0 Å². The maximum absolute atomic E-state index is 13.0. The molecule has 2 aliphatic heterocycles. The van der Waals surface area contributed by atoms with Gasteiger partial charge in [0, 0.05) is 18.9 Å². The summed E-state index contributed by atoms with van der Waals surface area (Å²) in [4.78, 5) is 31.3. The molecule has 3 aliphatic rings. The van der Waals surface area contributed by atoms with E-state index in [9.17, 15) is 9.59 Å². The first-order valence-electron chi connectivity index (χ1n) is 9.51. The third-order valence-corrected chi connectivity index (χ3v) is 5.53. The van der Waals surface area contributed by atoms with Crippen LogP contribution in [0.2, 0.25) is 0 Å². The molecule has 1 aromatic rings. The summed E-state index contributed by atoms with van der Waals surface area (Å²) >= 11 is 0. The lowest BCUT2D eigenvalue weighted by Gasteiger charge is -2.34. The maximum Gasteiger partial charge on any atom is 0.252 e. The summed E-state index contributed by atoms with van der Waals surface area (Å²) in [5.41, 5.74) is 0.653. The van der Waals surface area contributed by atoms with Gasteiger partial charge in [-0.15, -0.1) is 0 Å². The van der Waals surface area contributed by atoms with Gasteiger partial charge in [0.05, 0.1) is 11.6 Å². The molecule has 2 unspecified atom stereocenters. The zero-order valence-electron chi connectivity index (χ0n) is 14.9. The second-order valence-corrected chi connectivity index (χ2v) is 7.67. The SMILES string of the molecule is O=C1COC(C(=O)NC2(CN3CCCCC3)CC2)C(c2cccnc2)N1. The van der Waals surface area contributed by atoms with Crippen LogP contribution in [-0.4, -0.2) is 59.6 Å². The highest BCUT2D eigenvalue weighted by Gasteiger charge is 2.48. The van der Waals surface area contributed by atoms with Crippen molar-refractivity contribution >= 4 is 11.8 Å². The molecule has 2 N–H and O–H groups in total. The number of carbonyl (C=O) groups is 2. The van der Waals surface area contributed by atoms with Gasteiger partial charge in [-0.1, -0.05) is 12.5 Å². The van der Waals surface area contributed by atoms with Gasteiger partial charge in [-0.2, -0.15) is 0 Å². The van der Waals surface area contributed by atoms with E-state index in [1.54, 1.807) is 18.5 Å². The topological polar surface area (TPSA) is 83.6 Å². The van der Waals surface area contributed by atoms with E-state index in [0.29, 0.717) is 0 Å². The van der Waals surface area contributed by atoms with Gasteiger partial charge in [0.25, 0.3) is 5.91 Å². The number of pyridine rings is 1. The summed E-state index contributed by atoms with van der Waals surface area (Å²) in [6, 6.07) is 3.15. The van der Waals surface area contributed by atoms with E-state index in [-0.39, 0.29) is 24.0 Å². The van der Waals surface area contributed by atoms with E-state index in [1.165, 1.54) is 19.3 Å². The van der Waals surface area contributed by atoms with Crippen LogP contribution >= 0.6 is 0 Å². The number of ether oxygens (including phenoxy) is 1. The van der Waals surface area contributed by atoms with E-state index in [2.05, 4.69) is 20.5 Å². The molecule has 7 nitrogen and oxygen atoms in total. The number of nitrogens with zero attached hydrogens (tertiary/aromatic N) is 2. The van der Waals surface area contributed by atoms with Gasteiger partial charge in [-0.05, 0) is 50.4 Å². The van der Waals surface area contributed by atoms with Crippen molar-refractivity contribution in [3.63, 3.8) is 0 Å². The standard InChI is InChI=1S/C19H26N4O3/c24-15-12-26-17(16(21-15)14-5-4-8-20-11-14)18(25)22-19(6-7-19)13-23-9-2-1-3-10-23/h4-5,8,11,16-17H,1-3,6-7,9-10,12-13H2,(H,21,24)(H,22,25). The molecule has 0 spiro atoms. The van der Waals surface area contributed by atoms with Crippen LogP contribution in [0.3, 0.4) is 0 Å². The van der Waals surface area contributed by atoms with Gasteiger partial charge in [-0.25, -0.2) is 0 Å². The van der Waals surface area contributed by atoms with Crippen molar-refractivity contribution in [3.05, 3.63) is 30.1 Å². The van der Waals surface area contributed by atoms with E-state index in [0.717, 1.165) is 38.0 Å². The molecule has 3 heterocycles. The fraction of sp³-hybridized carbons (Fsp3) is 0.632. The Bertz CT molecular complexity index is 656. The Morgan fingerprint density at radius 1 is 1.35 bits per heavy atom. The quantitative estimate of drug-likeness (QED) is 0.812. The number of amides is 2. The lowest BCUT2D eigenvalue weighted by Crippen LogP contribution is -2.56. The van der Waals surface area contributed by atoms with E-state index >= 15 is 0 Å². The average molecular weight is 358 g/mol. The van der Waals surface area contributed by atoms with Crippen molar-refractivity contribution in [1.82, 2.24) is 20.5 Å². The van der Waals surface area contributed by atoms with Crippen LogP contribution in [0.15, 0.2) is 24.5 Å². The highest BCUT2D eigenvalue weighted by Crippen LogP contribution is 2.37. The summed E-state index contributed by atoms with van der Waals surface area (Å²) in [5, 5.41) is 6.10. The van der Waals surface area contributed by atoms with Crippen molar-refractivity contribution in [1.29, 1.82) is 0 Å². The maximum atomic E-state index is 13.0. The number of morpholine rings is 1. The highest BCUT2D eigenvalue weighted by molar-refractivity contribution is 5.87. The molecule has 1 aliphatic carbocycles. The molecule has 4 rings (SSSR count). The summed E-state index contributed by atoms with van der Waals surface area (Å²) in [7, 11) is 0. The lowest BCUT2D eigenvalue weighted by atomic mass is 10.00. The van der Waals surface area contributed by atoms with Crippen molar-refractivity contribution < 1.29 is 14.3 Å². The fourth-order valence-corrected chi connectivity index (χ4v) is 3.95. The van der Waals surface area contributed by atoms with Gasteiger partial charge in [0.2, 0.25) is 5.91 Å².